The molecule has 2 aromatic carbocycles. The first kappa shape index (κ1) is 17.1. The van der Waals surface area contributed by atoms with Crippen molar-refractivity contribution >= 4 is 46.6 Å². The van der Waals surface area contributed by atoms with E-state index in [1.165, 1.54) is 0 Å². The van der Waals surface area contributed by atoms with Crippen LogP contribution in [0, 0.1) is 5.92 Å². The number of benzene rings is 2. The molecule has 0 aliphatic carbocycles. The normalized spacial score (nSPS) is 28.9. The van der Waals surface area contributed by atoms with Gasteiger partial charge in [0.25, 0.3) is 0 Å². The summed E-state index contributed by atoms with van der Waals surface area (Å²) in [5, 5.41) is 6.55. The van der Waals surface area contributed by atoms with E-state index in [1.54, 1.807) is 18.2 Å². The minimum atomic E-state index is -0.937. The number of anilines is 2. The quantitative estimate of drug-likeness (QED) is 0.811. The number of carbonyl (C=O) groups excluding carboxylic acids is 2. The summed E-state index contributed by atoms with van der Waals surface area (Å²) < 4.78 is 0. The monoisotopic (exact) mass is 399 g/mol. The summed E-state index contributed by atoms with van der Waals surface area (Å²) in [4.78, 5) is 28.8. The van der Waals surface area contributed by atoms with Crippen LogP contribution in [-0.4, -0.2) is 34.4 Å². The van der Waals surface area contributed by atoms with Gasteiger partial charge in [-0.05, 0) is 30.7 Å². The third-order valence-electron chi connectivity index (χ3n) is 5.79. The lowest BCUT2D eigenvalue weighted by Gasteiger charge is -2.36. The standard InChI is InChI=1S/C20H18ClN3O2S/c21-12-4-3-5-13(8-12)22-18(25)16-9-14-10-27-11-24(14)20(16)15-6-1-2-7-17(15)23-19(20)26/h1-8,14,16H,9-11H2,(H,22,25)(H,23,26). The molecular weight excluding hydrogens is 382 g/mol. The highest BCUT2D eigenvalue weighted by Gasteiger charge is 2.65. The van der Waals surface area contributed by atoms with Crippen molar-refractivity contribution in [2.75, 3.05) is 22.3 Å². The van der Waals surface area contributed by atoms with Crippen molar-refractivity contribution in [2.24, 2.45) is 5.92 Å². The second kappa shape index (κ2) is 6.26. The van der Waals surface area contributed by atoms with Gasteiger partial charge in [0.1, 0.15) is 5.54 Å². The van der Waals surface area contributed by atoms with Gasteiger partial charge in [0, 0.05) is 39.6 Å². The van der Waals surface area contributed by atoms with Gasteiger partial charge in [-0.1, -0.05) is 35.9 Å². The number of para-hydroxylation sites is 1. The molecule has 0 bridgehead atoms. The van der Waals surface area contributed by atoms with Crippen LogP contribution in [-0.2, 0) is 15.1 Å². The van der Waals surface area contributed by atoms with E-state index in [2.05, 4.69) is 15.5 Å². The highest BCUT2D eigenvalue weighted by Crippen LogP contribution is 2.55. The highest BCUT2D eigenvalue weighted by atomic mass is 35.5. The first-order valence-corrected chi connectivity index (χ1v) is 10.5. The molecule has 0 aromatic heterocycles. The zero-order valence-corrected chi connectivity index (χ0v) is 16.0. The van der Waals surface area contributed by atoms with Crippen molar-refractivity contribution in [2.45, 2.75) is 18.0 Å². The number of nitrogens with zero attached hydrogens (tertiary/aromatic N) is 1. The number of rotatable bonds is 2. The number of fused-ring (bicyclic) bond motifs is 4. The van der Waals surface area contributed by atoms with Gasteiger partial charge in [-0.2, -0.15) is 0 Å². The molecule has 1 spiro atoms. The third-order valence-corrected chi connectivity index (χ3v) is 7.10. The molecule has 2 saturated heterocycles. The van der Waals surface area contributed by atoms with E-state index in [1.807, 2.05) is 42.1 Å². The van der Waals surface area contributed by atoms with E-state index < -0.39 is 11.5 Å². The second-order valence-electron chi connectivity index (χ2n) is 7.18. The molecule has 7 heteroatoms. The fourth-order valence-electron chi connectivity index (χ4n) is 4.70. The van der Waals surface area contributed by atoms with Crippen LogP contribution in [0.3, 0.4) is 0 Å². The van der Waals surface area contributed by atoms with E-state index in [0.717, 1.165) is 22.9 Å². The zero-order chi connectivity index (χ0) is 18.6. The van der Waals surface area contributed by atoms with Crippen LogP contribution < -0.4 is 10.6 Å². The Morgan fingerprint density at radius 1 is 1.26 bits per heavy atom. The smallest absolute Gasteiger partial charge is 0.250 e. The summed E-state index contributed by atoms with van der Waals surface area (Å²) in [6.45, 7) is 0. The van der Waals surface area contributed by atoms with E-state index in [9.17, 15) is 9.59 Å². The van der Waals surface area contributed by atoms with Crippen molar-refractivity contribution in [3.63, 3.8) is 0 Å². The molecular formula is C20H18ClN3O2S. The minimum absolute atomic E-state index is 0.0973. The molecule has 3 aliphatic rings. The predicted octanol–water partition coefficient (Wildman–Crippen LogP) is 3.52. The van der Waals surface area contributed by atoms with Gasteiger partial charge in [0.15, 0.2) is 0 Å². The molecule has 2 aromatic rings. The lowest BCUT2D eigenvalue weighted by Crippen LogP contribution is -2.53. The van der Waals surface area contributed by atoms with Crippen LogP contribution in [0.5, 0.6) is 0 Å². The second-order valence-corrected chi connectivity index (χ2v) is 8.61. The number of hydrogen-bond donors (Lipinski definition) is 2. The van der Waals surface area contributed by atoms with Gasteiger partial charge in [0.05, 0.1) is 5.92 Å². The van der Waals surface area contributed by atoms with E-state index in [4.69, 9.17) is 11.6 Å². The van der Waals surface area contributed by atoms with Crippen LogP contribution in [0.1, 0.15) is 12.0 Å². The fraction of sp³-hybridized carbons (Fsp3) is 0.300. The molecule has 27 heavy (non-hydrogen) atoms. The van der Waals surface area contributed by atoms with E-state index in [0.29, 0.717) is 17.1 Å². The lowest BCUT2D eigenvalue weighted by molar-refractivity contribution is -0.134. The van der Waals surface area contributed by atoms with Crippen molar-refractivity contribution in [1.29, 1.82) is 0 Å². The Morgan fingerprint density at radius 2 is 2.11 bits per heavy atom. The number of hydrogen-bond acceptors (Lipinski definition) is 4. The van der Waals surface area contributed by atoms with E-state index in [-0.39, 0.29) is 17.9 Å². The molecule has 5 nitrogen and oxygen atoms in total. The van der Waals surface area contributed by atoms with Gasteiger partial charge in [0.2, 0.25) is 11.8 Å². The Labute approximate surface area is 166 Å². The number of halogens is 1. The zero-order valence-electron chi connectivity index (χ0n) is 14.4. The van der Waals surface area contributed by atoms with Crippen LogP contribution in [0.4, 0.5) is 11.4 Å². The van der Waals surface area contributed by atoms with Gasteiger partial charge >= 0.3 is 0 Å². The van der Waals surface area contributed by atoms with Crippen molar-refractivity contribution in [1.82, 2.24) is 4.90 Å². The molecule has 0 saturated carbocycles. The van der Waals surface area contributed by atoms with Crippen LogP contribution in [0.15, 0.2) is 48.5 Å². The van der Waals surface area contributed by atoms with Crippen LogP contribution >= 0.6 is 23.4 Å². The summed E-state index contributed by atoms with van der Waals surface area (Å²) >= 11 is 7.87. The van der Waals surface area contributed by atoms with Gasteiger partial charge in [-0.25, -0.2) is 0 Å². The Balaban J connectivity index is 1.57. The maximum absolute atomic E-state index is 13.3. The molecule has 5 rings (SSSR count). The molecule has 2 amide bonds. The van der Waals surface area contributed by atoms with Crippen molar-refractivity contribution in [3.05, 3.63) is 59.1 Å². The molecule has 0 radical (unpaired) electrons. The van der Waals surface area contributed by atoms with Crippen LogP contribution in [0.2, 0.25) is 5.02 Å². The Morgan fingerprint density at radius 3 is 2.96 bits per heavy atom. The molecule has 3 heterocycles. The molecule has 3 aliphatic heterocycles. The maximum atomic E-state index is 13.3. The SMILES string of the molecule is O=C(Nc1cccc(Cl)c1)C1CC2CSCN2C12C(=O)Nc1ccccc12. The first-order chi connectivity index (χ1) is 13.1. The summed E-state index contributed by atoms with van der Waals surface area (Å²) in [7, 11) is 0. The summed E-state index contributed by atoms with van der Waals surface area (Å²) in [6.07, 6.45) is 0.668. The number of nitrogens with one attached hydrogen (secondary N) is 2. The molecule has 2 N–H and O–H groups in total. The summed E-state index contributed by atoms with van der Waals surface area (Å²) in [6, 6.07) is 15.0. The highest BCUT2D eigenvalue weighted by molar-refractivity contribution is 7.99. The molecule has 3 unspecified atom stereocenters. The summed E-state index contributed by atoms with van der Waals surface area (Å²) in [5.41, 5.74) is 1.43. The topological polar surface area (TPSA) is 61.4 Å². The van der Waals surface area contributed by atoms with Gasteiger partial charge in [-0.15, -0.1) is 11.8 Å². The third kappa shape index (κ3) is 2.43. The number of thioether (sulfide) groups is 1. The Bertz CT molecular complexity index is 952. The minimum Gasteiger partial charge on any atom is -0.326 e. The van der Waals surface area contributed by atoms with Gasteiger partial charge in [-0.3, -0.25) is 14.5 Å². The average molecular weight is 400 g/mol. The lowest BCUT2D eigenvalue weighted by atomic mass is 9.79. The first-order valence-electron chi connectivity index (χ1n) is 8.92. The number of amides is 2. The predicted molar refractivity (Wildman–Crippen MR) is 108 cm³/mol. The van der Waals surface area contributed by atoms with Crippen molar-refractivity contribution in [3.8, 4) is 0 Å². The molecule has 3 atom stereocenters. The molecule has 138 valence electrons. The van der Waals surface area contributed by atoms with Gasteiger partial charge < -0.3 is 10.6 Å². The fourth-order valence-corrected chi connectivity index (χ4v) is 6.19. The molecule has 2 fully saturated rings. The Hall–Kier alpha value is -2.02. The van der Waals surface area contributed by atoms with Crippen molar-refractivity contribution < 1.29 is 9.59 Å². The Kier molecular flexibility index (Phi) is 3.96. The van der Waals surface area contributed by atoms with E-state index >= 15 is 0 Å². The largest absolute Gasteiger partial charge is 0.326 e. The number of carbonyl (C=O) groups is 2. The maximum Gasteiger partial charge on any atom is 0.250 e. The average Bonchev–Trinajstić information content (AvgIpc) is 3.30. The summed E-state index contributed by atoms with van der Waals surface area (Å²) in [5.74, 6) is 1.01. The van der Waals surface area contributed by atoms with Crippen LogP contribution in [0.25, 0.3) is 0 Å².